The van der Waals surface area contributed by atoms with Crippen molar-refractivity contribution in [2.45, 2.75) is 32.9 Å². The lowest BCUT2D eigenvalue weighted by atomic mass is 10.1. The molecule has 0 bridgehead atoms. The van der Waals surface area contributed by atoms with Crippen molar-refractivity contribution in [2.24, 2.45) is 0 Å². The molecule has 2 aromatic carbocycles. The second-order valence-corrected chi connectivity index (χ2v) is 8.60. The summed E-state index contributed by atoms with van der Waals surface area (Å²) in [6, 6.07) is 11.5. The third-order valence-electron chi connectivity index (χ3n) is 4.60. The quantitative estimate of drug-likeness (QED) is 0.748. The maximum Gasteiger partial charge on any atom is 0.417 e. The fraction of sp³-hybridized carbons (Fsp3) is 0.348. The number of para-hydroxylation sites is 1. The highest BCUT2D eigenvalue weighted by Crippen LogP contribution is 2.30. The van der Waals surface area contributed by atoms with Gasteiger partial charge in [0.2, 0.25) is 0 Å². The summed E-state index contributed by atoms with van der Waals surface area (Å²) in [6.07, 6.45) is -0.769. The second-order valence-electron chi connectivity index (χ2n) is 8.19. The van der Waals surface area contributed by atoms with Crippen LogP contribution in [0.25, 0.3) is 0 Å². The Kier molecular flexibility index (Phi) is 7.06. The van der Waals surface area contributed by atoms with Gasteiger partial charge in [0.1, 0.15) is 24.5 Å². The summed E-state index contributed by atoms with van der Waals surface area (Å²) in [5.41, 5.74) is 0.535. The molecule has 1 aliphatic rings. The summed E-state index contributed by atoms with van der Waals surface area (Å²) in [5.74, 6) is -0.651. The topological polar surface area (TPSA) is 96.4 Å². The molecule has 1 heterocycles. The fourth-order valence-corrected chi connectivity index (χ4v) is 3.46. The van der Waals surface area contributed by atoms with Gasteiger partial charge in [0, 0.05) is 5.69 Å². The zero-order chi connectivity index (χ0) is 23.5. The van der Waals surface area contributed by atoms with Crippen LogP contribution in [-0.4, -0.2) is 53.3 Å². The largest absolute Gasteiger partial charge is 0.491 e. The van der Waals surface area contributed by atoms with Gasteiger partial charge in [-0.15, -0.1) is 0 Å². The highest BCUT2D eigenvalue weighted by atomic mass is 35.5. The molecule has 0 radical (unpaired) electrons. The first kappa shape index (κ1) is 23.6. The predicted molar refractivity (Wildman–Crippen MR) is 119 cm³/mol. The normalized spacial score (nSPS) is 14.0. The van der Waals surface area contributed by atoms with Crippen LogP contribution >= 0.6 is 11.6 Å². The van der Waals surface area contributed by atoms with E-state index in [0.29, 0.717) is 17.0 Å². The number of ether oxygens (including phenoxy) is 2. The molecule has 8 nitrogen and oxygen atoms in total. The number of halogens is 1. The van der Waals surface area contributed by atoms with Crippen molar-refractivity contribution in [3.63, 3.8) is 0 Å². The van der Waals surface area contributed by atoms with Gasteiger partial charge >= 0.3 is 6.09 Å². The molecule has 0 atom stereocenters. The number of hydrogen-bond acceptors (Lipinski definition) is 6. The molecule has 32 heavy (non-hydrogen) atoms. The van der Waals surface area contributed by atoms with Gasteiger partial charge in [-0.1, -0.05) is 29.8 Å². The van der Waals surface area contributed by atoms with Gasteiger partial charge < -0.3 is 14.6 Å². The van der Waals surface area contributed by atoms with E-state index in [1.165, 1.54) is 17.0 Å². The van der Waals surface area contributed by atoms with Gasteiger partial charge in [-0.3, -0.25) is 14.5 Å². The van der Waals surface area contributed by atoms with Crippen LogP contribution in [-0.2, 0) is 16.1 Å². The number of rotatable bonds is 4. The smallest absolute Gasteiger partial charge is 0.417 e. The Hall–Kier alpha value is -3.10. The van der Waals surface area contributed by atoms with E-state index in [9.17, 15) is 14.4 Å². The molecule has 0 aliphatic carbocycles. The Bertz CT molecular complexity index is 1030. The number of fused-ring (bicyclic) bond motifs is 1. The van der Waals surface area contributed by atoms with Crippen molar-refractivity contribution in [3.05, 3.63) is 58.6 Å². The molecule has 0 aromatic heterocycles. The van der Waals surface area contributed by atoms with Crippen molar-refractivity contribution in [1.29, 1.82) is 0 Å². The van der Waals surface area contributed by atoms with E-state index in [2.05, 4.69) is 0 Å². The van der Waals surface area contributed by atoms with Crippen LogP contribution in [0.5, 0.6) is 5.75 Å². The van der Waals surface area contributed by atoms with Crippen LogP contribution in [0, 0.1) is 0 Å². The second kappa shape index (κ2) is 9.58. The molecule has 2 aromatic rings. The lowest BCUT2D eigenvalue weighted by molar-refractivity contribution is -0.129. The average Bonchev–Trinajstić information content (AvgIpc) is 2.87. The van der Waals surface area contributed by atoms with Crippen molar-refractivity contribution in [1.82, 2.24) is 4.90 Å². The third kappa shape index (κ3) is 5.38. The Balaban J connectivity index is 1.93. The number of nitrogens with zero attached hydrogens (tertiary/aromatic N) is 2. The minimum Gasteiger partial charge on any atom is -0.491 e. The zero-order valence-corrected chi connectivity index (χ0v) is 18.9. The summed E-state index contributed by atoms with van der Waals surface area (Å²) in [5, 5.41) is 9.03. The maximum atomic E-state index is 13.4. The molecule has 9 heteroatoms. The standard InChI is InChI=1S/C23H25ClN2O6/c1-23(2,3)32-22(30)26-13-15-6-4-5-7-19(15)25(14-20(26)28)21(29)17-9-8-16(12-18(17)24)31-11-10-27/h4-9,12,27H,10-11,13-14H2,1-3H3. The number of hydrogen-bond donors (Lipinski definition) is 1. The van der Waals surface area contributed by atoms with Gasteiger partial charge in [0.25, 0.3) is 11.8 Å². The number of aliphatic hydroxyl groups is 1. The van der Waals surface area contributed by atoms with Gasteiger partial charge in [-0.05, 0) is 50.6 Å². The molecule has 170 valence electrons. The Morgan fingerprint density at radius 2 is 1.81 bits per heavy atom. The van der Waals surface area contributed by atoms with E-state index in [4.69, 9.17) is 26.2 Å². The summed E-state index contributed by atoms with van der Waals surface area (Å²) in [7, 11) is 0. The maximum absolute atomic E-state index is 13.4. The Morgan fingerprint density at radius 1 is 1.09 bits per heavy atom. The molecular weight excluding hydrogens is 436 g/mol. The van der Waals surface area contributed by atoms with E-state index < -0.39 is 23.5 Å². The van der Waals surface area contributed by atoms with Crippen LogP contribution in [0.3, 0.4) is 0 Å². The van der Waals surface area contributed by atoms with E-state index in [1.54, 1.807) is 51.1 Å². The molecule has 0 saturated carbocycles. The van der Waals surface area contributed by atoms with Crippen molar-refractivity contribution in [2.75, 3.05) is 24.7 Å². The van der Waals surface area contributed by atoms with Gasteiger partial charge in [0.05, 0.1) is 23.7 Å². The summed E-state index contributed by atoms with van der Waals surface area (Å²) in [6.45, 7) is 4.72. The van der Waals surface area contributed by atoms with Gasteiger partial charge in [0.15, 0.2) is 0 Å². The van der Waals surface area contributed by atoms with Crippen molar-refractivity contribution >= 4 is 35.2 Å². The lowest BCUT2D eigenvalue weighted by Crippen LogP contribution is -2.44. The zero-order valence-electron chi connectivity index (χ0n) is 18.1. The average molecular weight is 461 g/mol. The number of aliphatic hydroxyl groups excluding tert-OH is 1. The Labute approximate surface area is 191 Å². The molecule has 0 saturated heterocycles. The lowest BCUT2D eigenvalue weighted by Gasteiger charge is -2.25. The van der Waals surface area contributed by atoms with Crippen molar-refractivity contribution in [3.8, 4) is 5.75 Å². The van der Waals surface area contributed by atoms with Crippen LogP contribution in [0.4, 0.5) is 10.5 Å². The highest BCUT2D eigenvalue weighted by Gasteiger charge is 2.35. The van der Waals surface area contributed by atoms with E-state index >= 15 is 0 Å². The molecule has 0 spiro atoms. The summed E-state index contributed by atoms with van der Waals surface area (Å²) >= 11 is 6.32. The first-order valence-electron chi connectivity index (χ1n) is 10.1. The number of anilines is 1. The first-order valence-corrected chi connectivity index (χ1v) is 10.4. The van der Waals surface area contributed by atoms with E-state index in [0.717, 1.165) is 4.90 Å². The fourth-order valence-electron chi connectivity index (χ4n) is 3.20. The monoisotopic (exact) mass is 460 g/mol. The van der Waals surface area contributed by atoms with Gasteiger partial charge in [-0.25, -0.2) is 9.69 Å². The third-order valence-corrected chi connectivity index (χ3v) is 4.91. The van der Waals surface area contributed by atoms with Crippen LogP contribution < -0.4 is 9.64 Å². The summed E-state index contributed by atoms with van der Waals surface area (Å²) in [4.78, 5) is 41.3. The molecule has 3 amide bonds. The molecule has 1 N–H and O–H groups in total. The molecule has 1 aliphatic heterocycles. The van der Waals surface area contributed by atoms with Crippen LogP contribution in [0.15, 0.2) is 42.5 Å². The molecule has 0 fully saturated rings. The first-order chi connectivity index (χ1) is 15.1. The summed E-state index contributed by atoms with van der Waals surface area (Å²) < 4.78 is 10.7. The highest BCUT2D eigenvalue weighted by molar-refractivity contribution is 6.34. The predicted octanol–water partition coefficient (Wildman–Crippen LogP) is 3.64. The van der Waals surface area contributed by atoms with Crippen LogP contribution in [0.2, 0.25) is 5.02 Å². The van der Waals surface area contributed by atoms with Gasteiger partial charge in [-0.2, -0.15) is 0 Å². The SMILES string of the molecule is CC(C)(C)OC(=O)N1Cc2ccccc2N(C(=O)c2ccc(OCCO)cc2Cl)CC1=O. The van der Waals surface area contributed by atoms with Crippen molar-refractivity contribution < 1.29 is 29.0 Å². The minimum atomic E-state index is -0.772. The van der Waals surface area contributed by atoms with Crippen LogP contribution in [0.1, 0.15) is 36.7 Å². The number of benzene rings is 2. The molecule has 0 unspecified atom stereocenters. The number of carbonyl (C=O) groups is 3. The molecular formula is C23H25ClN2O6. The van der Waals surface area contributed by atoms with E-state index in [1.807, 2.05) is 0 Å². The number of carbonyl (C=O) groups excluding carboxylic acids is 3. The minimum absolute atomic E-state index is 0.0185. The van der Waals surface area contributed by atoms with E-state index in [-0.39, 0.29) is 36.9 Å². The Morgan fingerprint density at radius 3 is 2.47 bits per heavy atom. The molecule has 3 rings (SSSR count). The number of amides is 3. The number of imide groups is 1.